The first-order valence-corrected chi connectivity index (χ1v) is 29.2. The summed E-state index contributed by atoms with van der Waals surface area (Å²) >= 11 is 0. The monoisotopic (exact) mass is 1060 g/mol. The van der Waals surface area contributed by atoms with Gasteiger partial charge >= 0.3 is 0 Å². The highest BCUT2D eigenvalue weighted by Crippen LogP contribution is 2.48. The molecule has 14 rings (SSSR count). The van der Waals surface area contributed by atoms with E-state index in [9.17, 15) is 0 Å². The average molecular weight is 1070 g/mol. The highest BCUT2D eigenvalue weighted by Gasteiger charge is 2.35. The summed E-state index contributed by atoms with van der Waals surface area (Å²) in [5, 5.41) is 5.95. The van der Waals surface area contributed by atoms with Gasteiger partial charge in [0.1, 0.15) is 23.2 Å². The third kappa shape index (κ3) is 9.70. The molecule has 0 radical (unpaired) electrons. The van der Waals surface area contributed by atoms with Gasteiger partial charge in [-0.1, -0.05) is 218 Å². The van der Waals surface area contributed by atoms with Crippen LogP contribution in [0.2, 0.25) is 0 Å². The zero-order valence-corrected chi connectivity index (χ0v) is 47.7. The molecule has 0 spiro atoms. The van der Waals surface area contributed by atoms with E-state index < -0.39 is 0 Å². The minimum absolute atomic E-state index is 0.0126. The molecule has 0 amide bonds. The molecule has 4 unspecified atom stereocenters. The second kappa shape index (κ2) is 20.5. The lowest BCUT2D eigenvalue weighted by Crippen LogP contribution is -2.34. The first-order chi connectivity index (χ1) is 39.8. The lowest BCUT2D eigenvalue weighted by Gasteiger charge is -2.34. The zero-order valence-electron chi connectivity index (χ0n) is 47.7. The SMILES string of the molecule is CC(C)(C)c1cccc(N(c2ccc(-c3ccccc3)cc2)c2ccc3cc(C4=CC5C=Cc6c(ccc7cc(C8C=c9ccc(N(c%10cccc(C(C)(C)C)c%10)C%10C=CC(c%11ccccc%11)=CC%10)cc9=CC8)oc67)C5O4)ccc3c2)c1. The summed E-state index contributed by atoms with van der Waals surface area (Å²) < 4.78 is 13.9. The Morgan fingerprint density at radius 3 is 1.83 bits per heavy atom. The molecule has 4 heteroatoms. The molecule has 0 fully saturated rings. The highest BCUT2D eigenvalue weighted by molar-refractivity contribution is 5.93. The van der Waals surface area contributed by atoms with E-state index in [0.29, 0.717) is 0 Å². The van der Waals surface area contributed by atoms with Crippen molar-refractivity contribution in [2.24, 2.45) is 5.92 Å². The molecule has 4 nitrogen and oxygen atoms in total. The molecule has 82 heavy (non-hydrogen) atoms. The molecule has 2 heterocycles. The first kappa shape index (κ1) is 51.1. The number of benzene rings is 9. The van der Waals surface area contributed by atoms with Gasteiger partial charge in [0, 0.05) is 62.3 Å². The van der Waals surface area contributed by atoms with Crippen molar-refractivity contribution < 1.29 is 9.15 Å². The minimum atomic E-state index is -0.131. The van der Waals surface area contributed by atoms with Crippen molar-refractivity contribution in [2.75, 3.05) is 9.80 Å². The van der Waals surface area contributed by atoms with Gasteiger partial charge in [-0.2, -0.15) is 0 Å². The van der Waals surface area contributed by atoms with E-state index in [1.807, 2.05) is 0 Å². The number of rotatable bonds is 10. The predicted molar refractivity (Wildman–Crippen MR) is 345 cm³/mol. The molecule has 1 aliphatic heterocycles. The van der Waals surface area contributed by atoms with E-state index in [4.69, 9.17) is 9.15 Å². The van der Waals surface area contributed by atoms with Gasteiger partial charge in [0.05, 0.1) is 6.04 Å². The van der Waals surface area contributed by atoms with Crippen molar-refractivity contribution in [1.29, 1.82) is 0 Å². The van der Waals surface area contributed by atoms with Gasteiger partial charge in [0.2, 0.25) is 0 Å². The molecule has 0 saturated heterocycles. The molecule has 9 aromatic carbocycles. The van der Waals surface area contributed by atoms with E-state index in [2.05, 4.69) is 306 Å². The normalized spacial score (nSPS) is 18.1. The Morgan fingerprint density at radius 2 is 1.09 bits per heavy atom. The zero-order chi connectivity index (χ0) is 55.7. The molecule has 0 bridgehead atoms. The van der Waals surface area contributed by atoms with Crippen LogP contribution < -0.4 is 20.2 Å². The van der Waals surface area contributed by atoms with Crippen LogP contribution in [0.3, 0.4) is 0 Å². The van der Waals surface area contributed by atoms with Crippen LogP contribution in [0.25, 0.3) is 62.4 Å². The van der Waals surface area contributed by atoms with Crippen molar-refractivity contribution in [1.82, 2.24) is 0 Å². The number of hydrogen-bond donors (Lipinski definition) is 0. The Bertz CT molecular complexity index is 4350. The molecule has 3 aliphatic carbocycles. The maximum absolute atomic E-state index is 6.97. The van der Waals surface area contributed by atoms with Gasteiger partial charge in [0.15, 0.2) is 0 Å². The Labute approximate surface area is 482 Å². The van der Waals surface area contributed by atoms with Crippen LogP contribution in [0.1, 0.15) is 106 Å². The fourth-order valence-corrected chi connectivity index (χ4v) is 12.7. The van der Waals surface area contributed by atoms with Gasteiger partial charge in [-0.25, -0.2) is 0 Å². The van der Waals surface area contributed by atoms with E-state index in [0.717, 1.165) is 63.5 Å². The van der Waals surface area contributed by atoms with Crippen LogP contribution in [-0.4, -0.2) is 6.04 Å². The van der Waals surface area contributed by atoms with Gasteiger partial charge in [-0.3, -0.25) is 0 Å². The van der Waals surface area contributed by atoms with Crippen LogP contribution in [0.4, 0.5) is 28.4 Å². The number of hydrogen-bond acceptors (Lipinski definition) is 4. The summed E-state index contributed by atoms with van der Waals surface area (Å²) in [7, 11) is 0. The van der Waals surface area contributed by atoms with E-state index in [-0.39, 0.29) is 34.8 Å². The first-order valence-electron chi connectivity index (χ1n) is 29.2. The number of anilines is 5. The molecular weight excluding hydrogens is 997 g/mol. The third-order valence-electron chi connectivity index (χ3n) is 17.3. The number of ether oxygens (including phenoxy) is 1. The summed E-state index contributed by atoms with van der Waals surface area (Å²) in [5.74, 6) is 2.15. The number of furan rings is 1. The summed E-state index contributed by atoms with van der Waals surface area (Å²) in [6.45, 7) is 13.7. The van der Waals surface area contributed by atoms with Crippen LogP contribution in [0, 0.1) is 5.92 Å². The number of fused-ring (bicyclic) bond motifs is 7. The van der Waals surface area contributed by atoms with Crippen LogP contribution in [0.15, 0.2) is 241 Å². The minimum Gasteiger partial charge on any atom is -0.484 e. The second-order valence-corrected chi connectivity index (χ2v) is 24.8. The largest absolute Gasteiger partial charge is 0.484 e. The Balaban J connectivity index is 0.711. The Morgan fingerprint density at radius 1 is 0.451 bits per heavy atom. The summed E-state index contributed by atoms with van der Waals surface area (Å²) in [6, 6.07) is 75.8. The summed E-state index contributed by atoms with van der Waals surface area (Å²) in [6.07, 6.45) is 20.4. The molecule has 4 atom stereocenters. The summed E-state index contributed by atoms with van der Waals surface area (Å²) in [5.41, 5.74) is 17.7. The van der Waals surface area contributed by atoms with Crippen LogP contribution in [0.5, 0.6) is 0 Å². The molecule has 0 N–H and O–H groups in total. The predicted octanol–water partition coefficient (Wildman–Crippen LogP) is 19.4. The number of nitrogens with zero attached hydrogens (tertiary/aromatic N) is 2. The van der Waals surface area contributed by atoms with Gasteiger partial charge in [0.25, 0.3) is 0 Å². The van der Waals surface area contributed by atoms with E-state index >= 15 is 0 Å². The van der Waals surface area contributed by atoms with Crippen molar-refractivity contribution in [3.63, 3.8) is 0 Å². The van der Waals surface area contributed by atoms with Gasteiger partial charge in [-0.15, -0.1) is 0 Å². The molecular formula is C78H68N2O2. The molecule has 402 valence electrons. The maximum atomic E-state index is 6.97. The molecule has 0 saturated carbocycles. The quantitative estimate of drug-likeness (QED) is 0.136. The lowest BCUT2D eigenvalue weighted by molar-refractivity contribution is 0.169. The Kier molecular flexibility index (Phi) is 12.7. The van der Waals surface area contributed by atoms with Crippen LogP contribution >= 0.6 is 0 Å². The average Bonchev–Trinajstić information content (AvgIpc) is 3.39. The van der Waals surface area contributed by atoms with E-state index in [1.165, 1.54) is 71.5 Å². The van der Waals surface area contributed by atoms with Crippen LogP contribution in [-0.2, 0) is 15.6 Å². The van der Waals surface area contributed by atoms with Crippen molar-refractivity contribution in [3.05, 3.63) is 286 Å². The molecule has 4 aliphatic rings. The summed E-state index contributed by atoms with van der Waals surface area (Å²) in [4.78, 5) is 4.91. The van der Waals surface area contributed by atoms with Crippen molar-refractivity contribution in [2.45, 2.75) is 83.3 Å². The fraction of sp³-hybridized carbons (Fsp3) is 0.179. The van der Waals surface area contributed by atoms with Crippen molar-refractivity contribution >= 4 is 79.7 Å². The van der Waals surface area contributed by atoms with Gasteiger partial charge in [-0.05, 0) is 157 Å². The fourth-order valence-electron chi connectivity index (χ4n) is 12.7. The second-order valence-electron chi connectivity index (χ2n) is 24.8. The van der Waals surface area contributed by atoms with Crippen molar-refractivity contribution in [3.8, 4) is 11.1 Å². The smallest absolute Gasteiger partial charge is 0.141 e. The molecule has 10 aromatic rings. The van der Waals surface area contributed by atoms with E-state index in [1.54, 1.807) is 0 Å². The maximum Gasteiger partial charge on any atom is 0.141 e. The highest BCUT2D eigenvalue weighted by atomic mass is 16.5. The topological polar surface area (TPSA) is 28.9 Å². The standard InChI is InChI=1S/C78H68N2O2/c1-77(2,3)63-19-13-21-67(49-63)79(65-35-27-53(28-36-65)51-15-9-7-10-16-51)69-39-31-55-43-59(25-23-57(55)45-69)73-47-61-33-41-72-71(75(61)81-73)42-34-62-48-74(82-76(62)72)60-26-24-58-46-70(40-32-56(58)44-60)80(68-22-14-20-64(50-68)78(4,5)6)66-37-29-54(30-38-66)52-17-11-8-12-18-52/h7-25,27-37,39-50,60-61,66,75H,26,38H2,1-6H3. The Hall–Kier alpha value is -9.12. The molecule has 1 aromatic heterocycles. The van der Waals surface area contributed by atoms with Gasteiger partial charge < -0.3 is 19.0 Å². The third-order valence-corrected chi connectivity index (χ3v) is 17.3. The number of allylic oxidation sites excluding steroid dienone is 2. The lowest BCUT2D eigenvalue weighted by atomic mass is 9.86.